The second kappa shape index (κ2) is 5.24. The molecule has 0 aliphatic carbocycles. The Bertz CT molecular complexity index is 301. The first-order valence-electron chi connectivity index (χ1n) is 4.66. The zero-order chi connectivity index (χ0) is 13.9. The molecule has 0 aliphatic rings. The maximum atomic E-state index is 13.0. The number of carboxylic acids is 1. The van der Waals surface area contributed by atoms with Crippen LogP contribution >= 0.6 is 0 Å². The molecule has 0 radical (unpaired) electrons. The van der Waals surface area contributed by atoms with E-state index >= 15 is 0 Å². The normalized spacial score (nSPS) is 12.1. The number of carbonyl (C=O) groups excluding carboxylic acids is 1. The molecule has 0 atom stereocenters. The number of rotatable bonds is 4. The van der Waals surface area contributed by atoms with Crippen molar-refractivity contribution < 1.29 is 32.6 Å². The number of aliphatic carboxylic acids is 1. The second-order valence-electron chi connectivity index (χ2n) is 4.26. The summed E-state index contributed by atoms with van der Waals surface area (Å²) in [4.78, 5) is 21.2. The van der Waals surface area contributed by atoms with Gasteiger partial charge >= 0.3 is 18.1 Å². The largest absolute Gasteiger partial charge is 0.480 e. The van der Waals surface area contributed by atoms with Crippen molar-refractivity contribution in [1.29, 1.82) is 0 Å². The Morgan fingerprint density at radius 3 is 2.06 bits per heavy atom. The molecule has 0 spiro atoms. The highest BCUT2D eigenvalue weighted by molar-refractivity contribution is 5.77. The highest BCUT2D eigenvalue weighted by atomic mass is 19.3. The third-order valence-corrected chi connectivity index (χ3v) is 1.46. The van der Waals surface area contributed by atoms with Crippen molar-refractivity contribution in [2.75, 3.05) is 13.2 Å². The van der Waals surface area contributed by atoms with Gasteiger partial charge < -0.3 is 9.84 Å². The molecule has 8 heteroatoms. The number of hydrogen-bond donors (Lipinski definition) is 1. The van der Waals surface area contributed by atoms with Gasteiger partial charge in [0.15, 0.2) is 6.67 Å². The average Bonchev–Trinajstić information content (AvgIpc) is 2.10. The lowest BCUT2D eigenvalue weighted by Crippen LogP contribution is -2.51. The summed E-state index contributed by atoms with van der Waals surface area (Å²) in [5, 5.41) is 8.38. The van der Waals surface area contributed by atoms with Crippen LogP contribution in [0.5, 0.6) is 0 Å². The van der Waals surface area contributed by atoms with E-state index < -0.39 is 41.8 Å². The van der Waals surface area contributed by atoms with Gasteiger partial charge in [-0.2, -0.15) is 8.78 Å². The molecule has 0 rings (SSSR count). The van der Waals surface area contributed by atoms with Crippen molar-refractivity contribution in [2.45, 2.75) is 32.4 Å². The molecule has 0 bridgehead atoms. The second-order valence-corrected chi connectivity index (χ2v) is 4.26. The van der Waals surface area contributed by atoms with E-state index in [2.05, 4.69) is 4.74 Å². The lowest BCUT2D eigenvalue weighted by Gasteiger charge is -2.30. The molecular weight excluding hydrogens is 243 g/mol. The molecule has 0 aromatic carbocycles. The fourth-order valence-electron chi connectivity index (χ4n) is 0.838. The Hall–Kier alpha value is -1.47. The molecule has 0 saturated carbocycles. The predicted octanol–water partition coefficient (Wildman–Crippen LogP) is 1.87. The van der Waals surface area contributed by atoms with E-state index in [9.17, 15) is 22.8 Å². The van der Waals surface area contributed by atoms with Crippen molar-refractivity contribution in [3.63, 3.8) is 0 Å². The minimum atomic E-state index is -4.21. The fourth-order valence-corrected chi connectivity index (χ4v) is 0.838. The van der Waals surface area contributed by atoms with Crippen LogP contribution < -0.4 is 0 Å². The predicted molar refractivity (Wildman–Crippen MR) is 51.5 cm³/mol. The molecule has 100 valence electrons. The number of amides is 1. The summed E-state index contributed by atoms with van der Waals surface area (Å²) in [5.74, 6) is -1.69. The summed E-state index contributed by atoms with van der Waals surface area (Å²) >= 11 is 0. The molecule has 0 saturated heterocycles. The Kier molecular flexibility index (Phi) is 4.79. The van der Waals surface area contributed by atoms with Crippen LogP contribution in [0.1, 0.15) is 20.8 Å². The third-order valence-electron chi connectivity index (χ3n) is 1.46. The van der Waals surface area contributed by atoms with Gasteiger partial charge in [-0.1, -0.05) is 0 Å². The first kappa shape index (κ1) is 15.5. The van der Waals surface area contributed by atoms with Crippen molar-refractivity contribution in [3.05, 3.63) is 0 Å². The molecule has 1 amide bonds. The van der Waals surface area contributed by atoms with Crippen LogP contribution in [0.3, 0.4) is 0 Å². The Morgan fingerprint density at radius 2 is 1.76 bits per heavy atom. The van der Waals surface area contributed by atoms with Crippen LogP contribution in [0.2, 0.25) is 0 Å². The zero-order valence-corrected chi connectivity index (χ0v) is 9.67. The first-order chi connectivity index (χ1) is 7.49. The van der Waals surface area contributed by atoms with Crippen molar-refractivity contribution in [2.24, 2.45) is 0 Å². The first-order valence-corrected chi connectivity index (χ1v) is 4.66. The van der Waals surface area contributed by atoms with Crippen molar-refractivity contribution >= 4 is 12.1 Å². The third kappa shape index (κ3) is 5.41. The van der Waals surface area contributed by atoms with Crippen LogP contribution in [-0.2, 0) is 9.53 Å². The van der Waals surface area contributed by atoms with Gasteiger partial charge in [0, 0.05) is 0 Å². The molecule has 0 aliphatic heterocycles. The smallest absolute Gasteiger partial charge is 0.415 e. The summed E-state index contributed by atoms with van der Waals surface area (Å²) in [7, 11) is 0. The van der Waals surface area contributed by atoms with E-state index in [1.165, 1.54) is 20.8 Å². The van der Waals surface area contributed by atoms with Gasteiger partial charge in [0.2, 0.25) is 0 Å². The van der Waals surface area contributed by atoms with E-state index in [-0.39, 0.29) is 0 Å². The SMILES string of the molecule is CC(C)(C)OC(=O)N(CC(=O)O)C(F)(F)CF. The summed E-state index contributed by atoms with van der Waals surface area (Å²) < 4.78 is 42.6. The summed E-state index contributed by atoms with van der Waals surface area (Å²) in [6.45, 7) is 0.720. The molecule has 0 fully saturated rings. The van der Waals surface area contributed by atoms with E-state index in [1.807, 2.05) is 0 Å². The molecule has 0 unspecified atom stereocenters. The molecule has 0 heterocycles. The molecule has 1 N–H and O–H groups in total. The van der Waals surface area contributed by atoms with Gasteiger partial charge in [-0.05, 0) is 20.8 Å². The topological polar surface area (TPSA) is 66.8 Å². The van der Waals surface area contributed by atoms with Crippen LogP contribution in [0, 0.1) is 0 Å². The summed E-state index contributed by atoms with van der Waals surface area (Å²) in [5.41, 5.74) is -1.08. The highest BCUT2D eigenvalue weighted by Crippen LogP contribution is 2.23. The van der Waals surface area contributed by atoms with E-state index in [0.29, 0.717) is 0 Å². The number of carboxylic acid groups (broad SMARTS) is 1. The minimum absolute atomic E-state index is 0.458. The van der Waals surface area contributed by atoms with E-state index in [0.717, 1.165) is 0 Å². The number of halogens is 3. The fraction of sp³-hybridized carbons (Fsp3) is 0.778. The number of alkyl halides is 3. The van der Waals surface area contributed by atoms with Crippen LogP contribution in [0.4, 0.5) is 18.0 Å². The van der Waals surface area contributed by atoms with Crippen LogP contribution in [0.25, 0.3) is 0 Å². The number of nitrogens with zero attached hydrogens (tertiary/aromatic N) is 1. The maximum Gasteiger partial charge on any atom is 0.415 e. The number of hydrogen-bond acceptors (Lipinski definition) is 3. The lowest BCUT2D eigenvalue weighted by molar-refractivity contribution is -0.166. The summed E-state index contributed by atoms with van der Waals surface area (Å²) in [6.07, 6.45) is -1.58. The molecular formula is C9H14F3NO4. The van der Waals surface area contributed by atoms with E-state index in [1.54, 1.807) is 0 Å². The van der Waals surface area contributed by atoms with Crippen molar-refractivity contribution in [1.82, 2.24) is 4.90 Å². The Labute approximate surface area is 96.1 Å². The van der Waals surface area contributed by atoms with Gasteiger partial charge in [0.05, 0.1) is 0 Å². The van der Waals surface area contributed by atoms with Gasteiger partial charge in [-0.25, -0.2) is 14.1 Å². The molecule has 0 aromatic heterocycles. The standard InChI is InChI=1S/C9H14F3NO4/c1-8(2,3)17-7(16)13(4-6(14)15)9(11,12)5-10/h4-5H2,1-3H3,(H,14,15). The monoisotopic (exact) mass is 257 g/mol. The van der Waals surface area contributed by atoms with Gasteiger partial charge in [-0.15, -0.1) is 0 Å². The van der Waals surface area contributed by atoms with Gasteiger partial charge in [0.25, 0.3) is 0 Å². The quantitative estimate of drug-likeness (QED) is 0.781. The van der Waals surface area contributed by atoms with E-state index in [4.69, 9.17) is 5.11 Å². The van der Waals surface area contributed by atoms with Gasteiger partial charge in [0.1, 0.15) is 12.1 Å². The maximum absolute atomic E-state index is 13.0. The van der Waals surface area contributed by atoms with Crippen LogP contribution in [-0.4, -0.2) is 46.9 Å². The van der Waals surface area contributed by atoms with Crippen LogP contribution in [0.15, 0.2) is 0 Å². The molecule has 0 aromatic rings. The lowest BCUT2D eigenvalue weighted by atomic mass is 10.2. The van der Waals surface area contributed by atoms with Gasteiger partial charge in [-0.3, -0.25) is 4.79 Å². The molecule has 17 heavy (non-hydrogen) atoms. The molecule has 5 nitrogen and oxygen atoms in total. The Morgan fingerprint density at radius 1 is 1.29 bits per heavy atom. The summed E-state index contributed by atoms with van der Waals surface area (Å²) in [6, 6.07) is -4.21. The Balaban J connectivity index is 4.93. The zero-order valence-electron chi connectivity index (χ0n) is 9.67. The minimum Gasteiger partial charge on any atom is -0.480 e. The van der Waals surface area contributed by atoms with Crippen molar-refractivity contribution in [3.8, 4) is 0 Å². The number of carbonyl (C=O) groups is 2. The average molecular weight is 257 g/mol. The number of ether oxygens (including phenoxy) is 1. The highest BCUT2D eigenvalue weighted by Gasteiger charge is 2.44.